The van der Waals surface area contributed by atoms with E-state index in [9.17, 15) is 15.2 Å². The standard InChI is InChI=1S/C17H18ClN3O3/c1-3-20(4-2)15-7-5-12(9-16(15)21(23)24)11-19-14-10-13(18)6-8-17(14)22/h5-11,22H,3-4H2,1-2H3. The Bertz CT molecular complexity index is 774. The maximum absolute atomic E-state index is 11.4. The first-order chi connectivity index (χ1) is 11.5. The van der Waals surface area contributed by atoms with Gasteiger partial charge in [-0.25, -0.2) is 0 Å². The zero-order chi connectivity index (χ0) is 17.7. The Labute approximate surface area is 145 Å². The van der Waals surface area contributed by atoms with Crippen LogP contribution in [0.4, 0.5) is 17.1 Å². The van der Waals surface area contributed by atoms with E-state index in [4.69, 9.17) is 11.6 Å². The summed E-state index contributed by atoms with van der Waals surface area (Å²) in [5, 5.41) is 21.6. The third-order valence-electron chi connectivity index (χ3n) is 3.59. The molecule has 0 aliphatic heterocycles. The van der Waals surface area contributed by atoms with E-state index in [-0.39, 0.29) is 11.4 Å². The number of rotatable bonds is 6. The SMILES string of the molecule is CCN(CC)c1ccc(C=Nc2cc(Cl)ccc2O)cc1[N+](=O)[O-]. The summed E-state index contributed by atoms with van der Waals surface area (Å²) in [6.07, 6.45) is 1.46. The van der Waals surface area contributed by atoms with Gasteiger partial charge in [-0.05, 0) is 43.7 Å². The summed E-state index contributed by atoms with van der Waals surface area (Å²) in [7, 11) is 0. The largest absolute Gasteiger partial charge is 0.506 e. The third kappa shape index (κ3) is 4.02. The maximum Gasteiger partial charge on any atom is 0.293 e. The molecule has 2 aromatic carbocycles. The first-order valence-corrected chi connectivity index (χ1v) is 7.90. The van der Waals surface area contributed by atoms with E-state index in [2.05, 4.69) is 4.99 Å². The molecule has 126 valence electrons. The normalized spacial score (nSPS) is 11.0. The number of phenolic OH excluding ortho intramolecular Hbond substituents is 1. The van der Waals surface area contributed by atoms with E-state index in [0.29, 0.717) is 35.1 Å². The van der Waals surface area contributed by atoms with Crippen LogP contribution in [0.15, 0.2) is 41.4 Å². The number of phenols is 1. The molecule has 0 fully saturated rings. The second-order valence-corrected chi connectivity index (χ2v) is 5.51. The van der Waals surface area contributed by atoms with E-state index in [1.54, 1.807) is 18.2 Å². The molecule has 0 bridgehead atoms. The molecule has 0 atom stereocenters. The fourth-order valence-electron chi connectivity index (χ4n) is 2.34. The molecule has 0 heterocycles. The van der Waals surface area contributed by atoms with Crippen molar-refractivity contribution in [1.82, 2.24) is 0 Å². The fraction of sp³-hybridized carbons (Fsp3) is 0.235. The van der Waals surface area contributed by atoms with Crippen molar-refractivity contribution in [2.75, 3.05) is 18.0 Å². The van der Waals surface area contributed by atoms with Gasteiger partial charge in [-0.3, -0.25) is 15.1 Å². The number of hydrogen-bond acceptors (Lipinski definition) is 5. The monoisotopic (exact) mass is 347 g/mol. The zero-order valence-corrected chi connectivity index (χ0v) is 14.2. The smallest absolute Gasteiger partial charge is 0.293 e. The number of anilines is 1. The average molecular weight is 348 g/mol. The Balaban J connectivity index is 2.38. The average Bonchev–Trinajstić information content (AvgIpc) is 2.57. The van der Waals surface area contributed by atoms with Crippen LogP contribution in [0, 0.1) is 10.1 Å². The zero-order valence-electron chi connectivity index (χ0n) is 13.4. The number of nitro groups is 1. The van der Waals surface area contributed by atoms with E-state index >= 15 is 0 Å². The quantitative estimate of drug-likeness (QED) is 0.472. The van der Waals surface area contributed by atoms with Gasteiger partial charge in [-0.15, -0.1) is 0 Å². The Morgan fingerprint density at radius 1 is 1.25 bits per heavy atom. The van der Waals surface area contributed by atoms with Crippen LogP contribution in [-0.4, -0.2) is 29.3 Å². The van der Waals surface area contributed by atoms with Crippen LogP contribution in [0.5, 0.6) is 5.75 Å². The van der Waals surface area contributed by atoms with Crippen molar-refractivity contribution < 1.29 is 10.0 Å². The molecule has 24 heavy (non-hydrogen) atoms. The molecule has 0 aliphatic carbocycles. The van der Waals surface area contributed by atoms with Crippen molar-refractivity contribution in [3.05, 3.63) is 57.1 Å². The molecule has 0 saturated carbocycles. The predicted molar refractivity (Wildman–Crippen MR) is 97.0 cm³/mol. The van der Waals surface area contributed by atoms with Gasteiger partial charge in [0.05, 0.1) is 4.92 Å². The first kappa shape index (κ1) is 17.7. The van der Waals surface area contributed by atoms with Crippen LogP contribution in [0.2, 0.25) is 5.02 Å². The number of hydrogen-bond donors (Lipinski definition) is 1. The van der Waals surface area contributed by atoms with E-state index in [1.807, 2.05) is 18.7 Å². The topological polar surface area (TPSA) is 79.0 Å². The third-order valence-corrected chi connectivity index (χ3v) is 3.83. The molecule has 2 rings (SSSR count). The summed E-state index contributed by atoms with van der Waals surface area (Å²) in [6.45, 7) is 5.26. The van der Waals surface area contributed by atoms with E-state index in [1.165, 1.54) is 24.4 Å². The van der Waals surface area contributed by atoms with Crippen molar-refractivity contribution in [2.45, 2.75) is 13.8 Å². The van der Waals surface area contributed by atoms with Crippen molar-refractivity contribution in [2.24, 2.45) is 4.99 Å². The Morgan fingerprint density at radius 2 is 1.96 bits per heavy atom. The maximum atomic E-state index is 11.4. The number of nitrogens with zero attached hydrogens (tertiary/aromatic N) is 3. The number of aromatic hydroxyl groups is 1. The lowest BCUT2D eigenvalue weighted by Gasteiger charge is -2.20. The lowest BCUT2D eigenvalue weighted by molar-refractivity contribution is -0.384. The summed E-state index contributed by atoms with van der Waals surface area (Å²) in [6, 6.07) is 9.46. The summed E-state index contributed by atoms with van der Waals surface area (Å²) in [4.78, 5) is 17.0. The molecule has 1 N–H and O–H groups in total. The van der Waals surface area contributed by atoms with E-state index in [0.717, 1.165) is 0 Å². The van der Waals surface area contributed by atoms with Gasteiger partial charge in [-0.2, -0.15) is 0 Å². The molecule has 2 aromatic rings. The lowest BCUT2D eigenvalue weighted by atomic mass is 10.1. The molecule has 0 aliphatic rings. The van der Waals surface area contributed by atoms with Crippen LogP contribution < -0.4 is 4.90 Å². The number of benzene rings is 2. The number of aliphatic imine (C=N–C) groups is 1. The molecule has 7 heteroatoms. The molecule has 0 aromatic heterocycles. The Kier molecular flexibility index (Phi) is 5.76. The number of nitro benzene ring substituents is 1. The summed E-state index contributed by atoms with van der Waals surface area (Å²) >= 11 is 5.87. The minimum atomic E-state index is -0.401. The van der Waals surface area contributed by atoms with Gasteiger partial charge >= 0.3 is 0 Å². The van der Waals surface area contributed by atoms with Crippen molar-refractivity contribution >= 4 is 34.9 Å². The molecule has 6 nitrogen and oxygen atoms in total. The lowest BCUT2D eigenvalue weighted by Crippen LogP contribution is -2.22. The second kappa shape index (κ2) is 7.79. The molecular weight excluding hydrogens is 330 g/mol. The van der Waals surface area contributed by atoms with Gasteiger partial charge in [0.1, 0.15) is 17.1 Å². The van der Waals surface area contributed by atoms with Crippen molar-refractivity contribution in [1.29, 1.82) is 0 Å². The van der Waals surface area contributed by atoms with Gasteiger partial charge in [0.25, 0.3) is 5.69 Å². The fourth-order valence-corrected chi connectivity index (χ4v) is 2.51. The van der Waals surface area contributed by atoms with Gasteiger partial charge < -0.3 is 10.0 Å². The van der Waals surface area contributed by atoms with Crippen molar-refractivity contribution in [3.63, 3.8) is 0 Å². The van der Waals surface area contributed by atoms with Gasteiger partial charge in [0.15, 0.2) is 0 Å². The van der Waals surface area contributed by atoms with Crippen LogP contribution in [0.25, 0.3) is 0 Å². The van der Waals surface area contributed by atoms with E-state index < -0.39 is 4.92 Å². The van der Waals surface area contributed by atoms with Gasteiger partial charge in [-0.1, -0.05) is 17.7 Å². The molecule has 0 amide bonds. The summed E-state index contributed by atoms with van der Waals surface area (Å²) < 4.78 is 0. The summed E-state index contributed by atoms with van der Waals surface area (Å²) in [5.74, 6) is -0.00934. The van der Waals surface area contributed by atoms with Crippen LogP contribution in [0.1, 0.15) is 19.4 Å². The minimum Gasteiger partial charge on any atom is -0.506 e. The second-order valence-electron chi connectivity index (χ2n) is 5.07. The first-order valence-electron chi connectivity index (χ1n) is 7.52. The molecule has 0 spiro atoms. The summed E-state index contributed by atoms with van der Waals surface area (Å²) in [5.41, 5.74) is 1.47. The highest BCUT2D eigenvalue weighted by Crippen LogP contribution is 2.31. The molecule has 0 saturated heterocycles. The number of halogens is 1. The van der Waals surface area contributed by atoms with Crippen molar-refractivity contribution in [3.8, 4) is 5.75 Å². The van der Waals surface area contributed by atoms with Crippen LogP contribution in [-0.2, 0) is 0 Å². The van der Waals surface area contributed by atoms with Gasteiger partial charge in [0.2, 0.25) is 0 Å². The molecular formula is C17H18ClN3O3. The minimum absolute atomic E-state index is 0.00934. The Morgan fingerprint density at radius 3 is 2.58 bits per heavy atom. The predicted octanol–water partition coefficient (Wildman–Crippen LogP) is 4.55. The van der Waals surface area contributed by atoms with Crippen LogP contribution >= 0.6 is 11.6 Å². The van der Waals surface area contributed by atoms with Gasteiger partial charge in [0, 0.05) is 30.4 Å². The Hall–Kier alpha value is -2.60. The molecule has 0 radical (unpaired) electrons. The van der Waals surface area contributed by atoms with Crippen LogP contribution in [0.3, 0.4) is 0 Å². The highest BCUT2D eigenvalue weighted by Gasteiger charge is 2.18. The highest BCUT2D eigenvalue weighted by atomic mass is 35.5. The highest BCUT2D eigenvalue weighted by molar-refractivity contribution is 6.30. The molecule has 0 unspecified atom stereocenters.